The van der Waals surface area contributed by atoms with Crippen molar-refractivity contribution in [2.45, 2.75) is 24.7 Å². The molecular weight excluding hydrogens is 240 g/mol. The van der Waals surface area contributed by atoms with E-state index in [2.05, 4.69) is 18.2 Å². The first-order valence-corrected chi connectivity index (χ1v) is 7.18. The zero-order chi connectivity index (χ0) is 12.9. The topological polar surface area (TPSA) is 38.7 Å². The first-order chi connectivity index (χ1) is 9.30. The number of fused-ring (bicyclic) bond motifs is 1. The van der Waals surface area contributed by atoms with Crippen molar-refractivity contribution < 1.29 is 14.6 Å². The number of ether oxygens (including phenoxy) is 2. The van der Waals surface area contributed by atoms with E-state index in [9.17, 15) is 5.11 Å². The van der Waals surface area contributed by atoms with Crippen LogP contribution >= 0.6 is 0 Å². The Kier molecular flexibility index (Phi) is 2.53. The van der Waals surface area contributed by atoms with Crippen LogP contribution < -0.4 is 0 Å². The van der Waals surface area contributed by atoms with Crippen molar-refractivity contribution in [1.29, 1.82) is 0 Å². The second-order valence-corrected chi connectivity index (χ2v) is 6.34. The van der Waals surface area contributed by atoms with Crippen molar-refractivity contribution in [3.05, 3.63) is 34.9 Å². The predicted molar refractivity (Wildman–Crippen MR) is 71.3 cm³/mol. The van der Waals surface area contributed by atoms with Gasteiger partial charge >= 0.3 is 0 Å². The van der Waals surface area contributed by atoms with Gasteiger partial charge in [0.1, 0.15) is 0 Å². The average molecular weight is 260 g/mol. The molecule has 0 unspecified atom stereocenters. The predicted octanol–water partition coefficient (Wildman–Crippen LogP) is 1.45. The van der Waals surface area contributed by atoms with E-state index in [1.807, 2.05) is 0 Å². The van der Waals surface area contributed by atoms with Gasteiger partial charge in [-0.3, -0.25) is 0 Å². The van der Waals surface area contributed by atoms with Crippen molar-refractivity contribution in [2.24, 2.45) is 5.41 Å². The number of hydrogen-bond donors (Lipinski definition) is 1. The standard InChI is InChI=1S/C16H20O3/c17-7-15(8-18-9-15)16(10-19-11-16)14-5-4-12-2-1-3-13(12)6-14/h4-6,17H,1-3,7-11H2. The van der Waals surface area contributed by atoms with Gasteiger partial charge in [-0.2, -0.15) is 0 Å². The van der Waals surface area contributed by atoms with Crippen molar-refractivity contribution in [2.75, 3.05) is 33.0 Å². The van der Waals surface area contributed by atoms with Crippen LogP contribution in [0.15, 0.2) is 18.2 Å². The van der Waals surface area contributed by atoms with Crippen LogP contribution in [0.25, 0.3) is 0 Å². The molecule has 0 aromatic heterocycles. The molecule has 3 heteroatoms. The van der Waals surface area contributed by atoms with Gasteiger partial charge in [0, 0.05) is 0 Å². The minimum atomic E-state index is -0.127. The lowest BCUT2D eigenvalue weighted by molar-refractivity contribution is -0.242. The van der Waals surface area contributed by atoms with Gasteiger partial charge in [0.25, 0.3) is 0 Å². The molecule has 0 spiro atoms. The first-order valence-electron chi connectivity index (χ1n) is 7.18. The highest BCUT2D eigenvalue weighted by molar-refractivity contribution is 5.41. The fraction of sp³-hybridized carbons (Fsp3) is 0.625. The van der Waals surface area contributed by atoms with Crippen molar-refractivity contribution in [3.8, 4) is 0 Å². The van der Waals surface area contributed by atoms with Crippen LogP contribution in [-0.4, -0.2) is 38.1 Å². The minimum absolute atomic E-state index is 0.0301. The van der Waals surface area contributed by atoms with E-state index >= 15 is 0 Å². The largest absolute Gasteiger partial charge is 0.396 e. The molecule has 1 aromatic carbocycles. The van der Waals surface area contributed by atoms with Crippen LogP contribution in [0.5, 0.6) is 0 Å². The summed E-state index contributed by atoms with van der Waals surface area (Å²) in [6.07, 6.45) is 3.69. The van der Waals surface area contributed by atoms with Gasteiger partial charge < -0.3 is 14.6 Å². The molecule has 102 valence electrons. The quantitative estimate of drug-likeness (QED) is 0.894. The van der Waals surface area contributed by atoms with E-state index in [1.54, 1.807) is 0 Å². The molecule has 3 nitrogen and oxygen atoms in total. The van der Waals surface area contributed by atoms with E-state index < -0.39 is 0 Å². The summed E-state index contributed by atoms with van der Waals surface area (Å²) in [5, 5.41) is 9.86. The fourth-order valence-corrected chi connectivity index (χ4v) is 3.82. The Morgan fingerprint density at radius 2 is 1.74 bits per heavy atom. The molecular formula is C16H20O3. The summed E-state index contributed by atoms with van der Waals surface area (Å²) in [7, 11) is 0. The van der Waals surface area contributed by atoms with Gasteiger partial charge in [-0.05, 0) is 36.0 Å². The SMILES string of the molecule is OCC1(C2(c3ccc4c(c3)CCC4)COC2)COC1. The molecule has 19 heavy (non-hydrogen) atoms. The fourth-order valence-electron chi connectivity index (χ4n) is 3.82. The summed E-state index contributed by atoms with van der Waals surface area (Å²) in [6.45, 7) is 2.94. The maximum Gasteiger partial charge on any atom is 0.0593 e. The van der Waals surface area contributed by atoms with Crippen molar-refractivity contribution in [1.82, 2.24) is 0 Å². The molecule has 0 saturated carbocycles. The van der Waals surface area contributed by atoms with Crippen LogP contribution in [0.4, 0.5) is 0 Å². The van der Waals surface area contributed by atoms with Crippen LogP contribution in [0.1, 0.15) is 23.1 Å². The van der Waals surface area contributed by atoms with Crippen LogP contribution in [0.3, 0.4) is 0 Å². The zero-order valence-electron chi connectivity index (χ0n) is 11.2. The van der Waals surface area contributed by atoms with Gasteiger partial charge in [0.2, 0.25) is 0 Å². The smallest absolute Gasteiger partial charge is 0.0593 e. The Hall–Kier alpha value is -0.900. The summed E-state index contributed by atoms with van der Waals surface area (Å²) in [5.74, 6) is 0. The van der Waals surface area contributed by atoms with Crippen LogP contribution in [-0.2, 0) is 27.7 Å². The number of aliphatic hydroxyl groups excluding tert-OH is 1. The molecule has 2 fully saturated rings. The number of aliphatic hydroxyl groups is 1. The van der Waals surface area contributed by atoms with Crippen LogP contribution in [0, 0.1) is 5.41 Å². The molecule has 2 heterocycles. The second kappa shape index (κ2) is 4.05. The Labute approximate surface area is 113 Å². The van der Waals surface area contributed by atoms with Gasteiger partial charge in [-0.15, -0.1) is 0 Å². The summed E-state index contributed by atoms with van der Waals surface area (Å²) >= 11 is 0. The Balaban J connectivity index is 1.76. The van der Waals surface area contributed by atoms with E-state index in [1.165, 1.54) is 36.0 Å². The third-order valence-corrected chi connectivity index (χ3v) is 5.42. The normalized spacial score (nSPS) is 26.4. The zero-order valence-corrected chi connectivity index (χ0v) is 11.2. The lowest BCUT2D eigenvalue weighted by Crippen LogP contribution is -2.68. The number of benzene rings is 1. The maximum absolute atomic E-state index is 9.86. The number of aryl methyl sites for hydroxylation is 2. The molecule has 1 aromatic rings. The highest BCUT2D eigenvalue weighted by Crippen LogP contribution is 2.52. The maximum atomic E-state index is 9.86. The second-order valence-electron chi connectivity index (χ2n) is 6.34. The minimum Gasteiger partial charge on any atom is -0.396 e. The van der Waals surface area contributed by atoms with Crippen LogP contribution in [0.2, 0.25) is 0 Å². The molecule has 1 aliphatic carbocycles. The lowest BCUT2D eigenvalue weighted by atomic mass is 9.57. The molecule has 4 rings (SSSR count). The van der Waals surface area contributed by atoms with Gasteiger partial charge in [-0.1, -0.05) is 18.2 Å². The Morgan fingerprint density at radius 1 is 1.00 bits per heavy atom. The average Bonchev–Trinajstić information content (AvgIpc) is 2.78. The number of hydrogen-bond acceptors (Lipinski definition) is 3. The van der Waals surface area contributed by atoms with E-state index in [-0.39, 0.29) is 17.4 Å². The lowest BCUT2D eigenvalue weighted by Gasteiger charge is -2.58. The van der Waals surface area contributed by atoms with E-state index in [0.29, 0.717) is 13.2 Å². The number of rotatable bonds is 3. The molecule has 2 saturated heterocycles. The Morgan fingerprint density at radius 3 is 2.32 bits per heavy atom. The molecule has 0 bridgehead atoms. The summed E-state index contributed by atoms with van der Waals surface area (Å²) in [5.41, 5.74) is 4.19. The van der Waals surface area contributed by atoms with Crippen molar-refractivity contribution in [3.63, 3.8) is 0 Å². The summed E-state index contributed by atoms with van der Waals surface area (Å²) < 4.78 is 10.9. The highest BCUT2D eigenvalue weighted by atomic mass is 16.5. The summed E-state index contributed by atoms with van der Waals surface area (Å²) in [6, 6.07) is 6.89. The van der Waals surface area contributed by atoms with Gasteiger partial charge in [-0.25, -0.2) is 0 Å². The van der Waals surface area contributed by atoms with Gasteiger partial charge in [0.15, 0.2) is 0 Å². The monoisotopic (exact) mass is 260 g/mol. The molecule has 3 aliphatic rings. The molecule has 2 aliphatic heterocycles. The molecule has 0 amide bonds. The van der Waals surface area contributed by atoms with Crippen molar-refractivity contribution >= 4 is 0 Å². The molecule has 0 radical (unpaired) electrons. The summed E-state index contributed by atoms with van der Waals surface area (Å²) in [4.78, 5) is 0. The molecule has 0 atom stereocenters. The highest BCUT2D eigenvalue weighted by Gasteiger charge is 2.60. The van der Waals surface area contributed by atoms with E-state index in [0.717, 1.165) is 13.2 Å². The Bertz CT molecular complexity index is 495. The third-order valence-electron chi connectivity index (χ3n) is 5.42. The first kappa shape index (κ1) is 11.9. The third kappa shape index (κ3) is 1.44. The van der Waals surface area contributed by atoms with Gasteiger partial charge in [0.05, 0.1) is 43.9 Å². The molecule has 1 N–H and O–H groups in total. The van der Waals surface area contributed by atoms with E-state index in [4.69, 9.17) is 9.47 Å².